The molecule has 3 heterocycles. The third kappa shape index (κ3) is 2.58. The quantitative estimate of drug-likeness (QED) is 0.581. The maximum Gasteiger partial charge on any atom is 0.150 e. The predicted molar refractivity (Wildman–Crippen MR) is 105 cm³/mol. The van der Waals surface area contributed by atoms with Gasteiger partial charge in [0.2, 0.25) is 0 Å². The average Bonchev–Trinajstić information content (AvgIpc) is 3.11. The van der Waals surface area contributed by atoms with E-state index in [0.29, 0.717) is 0 Å². The molecule has 26 heavy (non-hydrogen) atoms. The molecule has 1 N–H and O–H groups in total. The van der Waals surface area contributed by atoms with Crippen molar-refractivity contribution in [2.75, 3.05) is 5.32 Å². The molecule has 0 spiro atoms. The Kier molecular flexibility index (Phi) is 3.74. The van der Waals surface area contributed by atoms with Crippen molar-refractivity contribution in [1.29, 1.82) is 0 Å². The van der Waals surface area contributed by atoms with Gasteiger partial charge in [0, 0.05) is 29.6 Å². The smallest absolute Gasteiger partial charge is 0.150 e. The second kappa shape index (κ2) is 6.37. The highest BCUT2D eigenvalue weighted by Crippen LogP contribution is 2.32. The van der Waals surface area contributed by atoms with Crippen molar-refractivity contribution in [1.82, 2.24) is 14.2 Å². The van der Waals surface area contributed by atoms with Gasteiger partial charge in [-0.05, 0) is 37.0 Å². The minimum absolute atomic E-state index is 0.742. The van der Waals surface area contributed by atoms with Crippen LogP contribution in [0.4, 0.5) is 5.69 Å². The lowest BCUT2D eigenvalue weighted by Crippen LogP contribution is -2.08. The van der Waals surface area contributed by atoms with Crippen LogP contribution < -0.4 is 5.32 Å². The van der Waals surface area contributed by atoms with Crippen LogP contribution in [0.15, 0.2) is 66.9 Å². The van der Waals surface area contributed by atoms with Crippen molar-refractivity contribution in [2.45, 2.75) is 32.4 Å². The number of para-hydroxylation sites is 1. The molecular weight excluding hydrogens is 320 g/mol. The van der Waals surface area contributed by atoms with Gasteiger partial charge in [-0.1, -0.05) is 48.5 Å². The van der Waals surface area contributed by atoms with Crippen LogP contribution in [0.25, 0.3) is 16.8 Å². The zero-order chi connectivity index (χ0) is 17.3. The molecule has 4 nitrogen and oxygen atoms in total. The molecule has 0 radical (unpaired) electrons. The van der Waals surface area contributed by atoms with Gasteiger partial charge in [-0.3, -0.25) is 0 Å². The number of rotatable bonds is 4. The van der Waals surface area contributed by atoms with E-state index in [4.69, 9.17) is 5.10 Å². The van der Waals surface area contributed by atoms with Crippen molar-refractivity contribution in [2.24, 2.45) is 0 Å². The summed E-state index contributed by atoms with van der Waals surface area (Å²) in [6, 6.07) is 21.0. The Morgan fingerprint density at radius 2 is 1.69 bits per heavy atom. The van der Waals surface area contributed by atoms with E-state index in [1.165, 1.54) is 35.2 Å². The average molecular weight is 342 g/mol. The van der Waals surface area contributed by atoms with Gasteiger partial charge < -0.3 is 9.88 Å². The molecule has 130 valence electrons. The molecule has 0 atom stereocenters. The molecule has 0 saturated carbocycles. The number of anilines is 1. The van der Waals surface area contributed by atoms with Gasteiger partial charge in [0.1, 0.15) is 5.65 Å². The highest BCUT2D eigenvalue weighted by molar-refractivity contribution is 5.75. The van der Waals surface area contributed by atoms with Gasteiger partial charge in [0.05, 0.1) is 6.54 Å². The number of nitrogens with zero attached hydrogens (tertiary/aromatic N) is 3. The minimum atomic E-state index is 0.742. The Morgan fingerprint density at radius 3 is 2.50 bits per heavy atom. The molecule has 5 rings (SSSR count). The van der Waals surface area contributed by atoms with E-state index in [2.05, 4.69) is 75.2 Å². The summed E-state index contributed by atoms with van der Waals surface area (Å²) in [6.45, 7) is 1.78. The lowest BCUT2D eigenvalue weighted by Gasteiger charge is -2.08. The van der Waals surface area contributed by atoms with Crippen LogP contribution in [0.3, 0.4) is 0 Å². The number of aromatic nitrogens is 3. The highest BCUT2D eigenvalue weighted by atomic mass is 15.4. The molecule has 0 unspecified atom stereocenters. The van der Waals surface area contributed by atoms with E-state index in [1.54, 1.807) is 0 Å². The zero-order valence-corrected chi connectivity index (χ0v) is 14.7. The molecule has 1 aliphatic rings. The first-order chi connectivity index (χ1) is 12.9. The summed E-state index contributed by atoms with van der Waals surface area (Å²) in [5.41, 5.74) is 6.45. The summed E-state index contributed by atoms with van der Waals surface area (Å²) in [6.07, 6.45) is 5.76. The molecule has 4 heteroatoms. The summed E-state index contributed by atoms with van der Waals surface area (Å²) in [7, 11) is 0. The molecule has 0 amide bonds. The van der Waals surface area contributed by atoms with Gasteiger partial charge in [0.25, 0.3) is 0 Å². The monoisotopic (exact) mass is 342 g/mol. The number of hydrogen-bond donors (Lipinski definition) is 1. The van der Waals surface area contributed by atoms with E-state index < -0.39 is 0 Å². The lowest BCUT2D eigenvalue weighted by molar-refractivity contribution is 0.619. The molecule has 0 saturated heterocycles. The fraction of sp³-hybridized carbons (Fsp3) is 0.227. The van der Waals surface area contributed by atoms with Crippen molar-refractivity contribution in [3.8, 4) is 11.1 Å². The first kappa shape index (κ1) is 15.3. The first-order valence-electron chi connectivity index (χ1n) is 9.34. The van der Waals surface area contributed by atoms with Crippen LogP contribution >= 0.6 is 0 Å². The Hall–Kier alpha value is -3.01. The van der Waals surface area contributed by atoms with Crippen LogP contribution in [0, 0.1) is 0 Å². The lowest BCUT2D eigenvalue weighted by atomic mass is 10.0. The second-order valence-electron chi connectivity index (χ2n) is 6.90. The van der Waals surface area contributed by atoms with E-state index in [9.17, 15) is 0 Å². The summed E-state index contributed by atoms with van der Waals surface area (Å²) in [4.78, 5) is 0. The largest absolute Gasteiger partial charge is 0.378 e. The summed E-state index contributed by atoms with van der Waals surface area (Å²) < 4.78 is 4.50. The Bertz CT molecular complexity index is 1030. The predicted octanol–water partition coefficient (Wildman–Crippen LogP) is 4.75. The number of aryl methyl sites for hydroxylation is 2. The SMILES string of the molecule is c1ccc(NCc2nn3cc(-c4ccccc4)c4c3n2CCCC4)cc1. The molecule has 4 aromatic rings. The Morgan fingerprint density at radius 1 is 0.923 bits per heavy atom. The summed E-state index contributed by atoms with van der Waals surface area (Å²) >= 11 is 0. The number of nitrogens with one attached hydrogen (secondary N) is 1. The van der Waals surface area contributed by atoms with Gasteiger partial charge in [-0.2, -0.15) is 5.10 Å². The fourth-order valence-electron chi connectivity index (χ4n) is 3.97. The van der Waals surface area contributed by atoms with Crippen molar-refractivity contribution >= 4 is 11.3 Å². The fourth-order valence-corrected chi connectivity index (χ4v) is 3.97. The molecular formula is C22H22N4. The van der Waals surface area contributed by atoms with E-state index >= 15 is 0 Å². The van der Waals surface area contributed by atoms with Crippen LogP contribution in [0.5, 0.6) is 0 Å². The van der Waals surface area contributed by atoms with Crippen LogP contribution in [-0.2, 0) is 19.5 Å². The van der Waals surface area contributed by atoms with Crippen molar-refractivity contribution in [3.05, 3.63) is 78.2 Å². The molecule has 1 aliphatic heterocycles. The van der Waals surface area contributed by atoms with E-state index in [-0.39, 0.29) is 0 Å². The number of hydrogen-bond acceptors (Lipinski definition) is 2. The summed E-state index contributed by atoms with van der Waals surface area (Å²) in [5, 5.41) is 8.40. The molecule has 2 aromatic heterocycles. The molecule has 0 fully saturated rings. The third-order valence-electron chi connectivity index (χ3n) is 5.22. The van der Waals surface area contributed by atoms with Crippen LogP contribution in [0.1, 0.15) is 24.2 Å². The maximum absolute atomic E-state index is 4.90. The number of benzene rings is 2. The first-order valence-corrected chi connectivity index (χ1v) is 9.34. The zero-order valence-electron chi connectivity index (χ0n) is 14.7. The van der Waals surface area contributed by atoms with E-state index in [1.807, 2.05) is 6.07 Å². The third-order valence-corrected chi connectivity index (χ3v) is 5.22. The van der Waals surface area contributed by atoms with Gasteiger partial charge in [-0.15, -0.1) is 0 Å². The Balaban J connectivity index is 1.55. The normalized spacial score (nSPS) is 13.7. The molecule has 2 aromatic carbocycles. The maximum atomic E-state index is 4.90. The standard InChI is InChI=1S/C22H22N4/c1-3-9-17(10-4-1)20-16-26-22-19(20)13-7-8-14-25(22)21(24-26)15-23-18-11-5-2-6-12-18/h1-6,9-12,16,23H,7-8,13-15H2. The van der Waals surface area contributed by atoms with Gasteiger partial charge >= 0.3 is 0 Å². The minimum Gasteiger partial charge on any atom is -0.378 e. The van der Waals surface area contributed by atoms with E-state index in [0.717, 1.165) is 31.0 Å². The van der Waals surface area contributed by atoms with Crippen LogP contribution in [0.2, 0.25) is 0 Å². The summed E-state index contributed by atoms with van der Waals surface area (Å²) in [5.74, 6) is 1.10. The molecule has 0 bridgehead atoms. The van der Waals surface area contributed by atoms with Gasteiger partial charge in [0.15, 0.2) is 5.82 Å². The highest BCUT2D eigenvalue weighted by Gasteiger charge is 2.21. The van der Waals surface area contributed by atoms with Crippen LogP contribution in [-0.4, -0.2) is 14.2 Å². The van der Waals surface area contributed by atoms with Crippen molar-refractivity contribution in [3.63, 3.8) is 0 Å². The van der Waals surface area contributed by atoms with Crippen molar-refractivity contribution < 1.29 is 0 Å². The second-order valence-corrected chi connectivity index (χ2v) is 6.90. The Labute approximate surface area is 153 Å². The van der Waals surface area contributed by atoms with Gasteiger partial charge in [-0.25, -0.2) is 4.52 Å². The molecule has 0 aliphatic carbocycles. The topological polar surface area (TPSA) is 34.3 Å².